The number of para-hydroxylation sites is 1. The van der Waals surface area contributed by atoms with Crippen LogP contribution in [-0.4, -0.2) is 38.7 Å². The van der Waals surface area contributed by atoms with Gasteiger partial charge in [0.1, 0.15) is 6.10 Å². The first-order chi connectivity index (χ1) is 9.56. The van der Waals surface area contributed by atoms with E-state index in [0.717, 1.165) is 6.42 Å². The molecule has 1 aliphatic heterocycles. The number of methoxy groups -OCH3 is 1. The molecule has 2 rings (SSSR count). The van der Waals surface area contributed by atoms with E-state index < -0.39 is 12.1 Å². The van der Waals surface area contributed by atoms with Crippen LogP contribution in [0.3, 0.4) is 0 Å². The van der Waals surface area contributed by atoms with E-state index in [1.54, 1.807) is 31.3 Å². The van der Waals surface area contributed by atoms with Crippen molar-refractivity contribution in [3.8, 4) is 0 Å². The zero-order valence-corrected chi connectivity index (χ0v) is 12.0. The van der Waals surface area contributed by atoms with Crippen molar-refractivity contribution in [3.05, 3.63) is 29.8 Å². The third-order valence-electron chi connectivity index (χ3n) is 3.63. The van der Waals surface area contributed by atoms with Crippen molar-refractivity contribution in [2.75, 3.05) is 25.7 Å². The van der Waals surface area contributed by atoms with Crippen molar-refractivity contribution in [1.82, 2.24) is 0 Å². The molecular weight excluding hydrogens is 258 g/mol. The second-order valence-corrected chi connectivity index (χ2v) is 4.96. The third-order valence-corrected chi connectivity index (χ3v) is 3.63. The van der Waals surface area contributed by atoms with Gasteiger partial charge in [0, 0.05) is 13.7 Å². The number of anilines is 1. The zero-order valence-electron chi connectivity index (χ0n) is 12.0. The van der Waals surface area contributed by atoms with E-state index in [1.165, 1.54) is 12.0 Å². The number of esters is 1. The molecule has 1 heterocycles. The highest BCUT2D eigenvalue weighted by Crippen LogP contribution is 2.26. The summed E-state index contributed by atoms with van der Waals surface area (Å²) in [6, 6.07) is 6.89. The highest BCUT2D eigenvalue weighted by molar-refractivity contribution is 6.03. The first kappa shape index (κ1) is 14.5. The van der Waals surface area contributed by atoms with Crippen molar-refractivity contribution in [2.45, 2.75) is 19.4 Å². The van der Waals surface area contributed by atoms with E-state index in [0.29, 0.717) is 17.9 Å². The number of amides is 1. The molecule has 0 radical (unpaired) electrons. The normalized spacial score (nSPS) is 21.6. The number of carbonyl (C=O) groups is 2. The van der Waals surface area contributed by atoms with Gasteiger partial charge < -0.3 is 14.4 Å². The Balaban J connectivity index is 2.27. The largest absolute Gasteiger partial charge is 0.465 e. The van der Waals surface area contributed by atoms with Crippen molar-refractivity contribution in [3.63, 3.8) is 0 Å². The number of benzene rings is 1. The fraction of sp³-hybridized carbons (Fsp3) is 0.467. The van der Waals surface area contributed by atoms with E-state index in [-0.39, 0.29) is 11.8 Å². The van der Waals surface area contributed by atoms with Crippen LogP contribution < -0.4 is 4.90 Å². The minimum atomic E-state index is -0.458. The van der Waals surface area contributed by atoms with Gasteiger partial charge in [-0.15, -0.1) is 0 Å². The summed E-state index contributed by atoms with van der Waals surface area (Å²) < 4.78 is 10.2. The Morgan fingerprint density at radius 3 is 2.65 bits per heavy atom. The predicted molar refractivity (Wildman–Crippen MR) is 74.7 cm³/mol. The maximum Gasteiger partial charge on any atom is 0.339 e. The van der Waals surface area contributed by atoms with Gasteiger partial charge in [-0.1, -0.05) is 19.1 Å². The monoisotopic (exact) mass is 277 g/mol. The second-order valence-electron chi connectivity index (χ2n) is 4.96. The van der Waals surface area contributed by atoms with Crippen LogP contribution in [0.25, 0.3) is 0 Å². The van der Waals surface area contributed by atoms with E-state index in [2.05, 4.69) is 0 Å². The van der Waals surface area contributed by atoms with Gasteiger partial charge in [0.2, 0.25) is 0 Å². The van der Waals surface area contributed by atoms with Gasteiger partial charge in [-0.2, -0.15) is 0 Å². The Morgan fingerprint density at radius 1 is 1.35 bits per heavy atom. The molecule has 1 aliphatic rings. The Bertz CT molecular complexity index is 514. The lowest BCUT2D eigenvalue weighted by Gasteiger charge is -2.24. The van der Waals surface area contributed by atoms with Crippen LogP contribution in [0.4, 0.5) is 5.69 Å². The van der Waals surface area contributed by atoms with Gasteiger partial charge in [0.15, 0.2) is 0 Å². The Kier molecular flexibility index (Phi) is 4.39. The SMILES string of the molecule is COC(=O)c1ccccc1N(C)C(=O)C1OCCC1C. The van der Waals surface area contributed by atoms with Gasteiger partial charge in [-0.25, -0.2) is 4.79 Å². The molecule has 1 saturated heterocycles. The molecular formula is C15H19NO4. The molecule has 0 aromatic heterocycles. The highest BCUT2D eigenvalue weighted by atomic mass is 16.5. The summed E-state index contributed by atoms with van der Waals surface area (Å²) in [7, 11) is 2.97. The second kappa shape index (κ2) is 6.05. The summed E-state index contributed by atoms with van der Waals surface area (Å²) in [5.74, 6) is -0.401. The molecule has 0 aliphatic carbocycles. The van der Waals surface area contributed by atoms with Gasteiger partial charge >= 0.3 is 5.97 Å². The maximum atomic E-state index is 12.5. The van der Waals surface area contributed by atoms with Crippen molar-refractivity contribution in [2.24, 2.45) is 5.92 Å². The number of rotatable bonds is 3. The van der Waals surface area contributed by atoms with Crippen LogP contribution in [0.2, 0.25) is 0 Å². The molecule has 0 bridgehead atoms. The molecule has 1 aromatic rings. The van der Waals surface area contributed by atoms with Crippen molar-refractivity contribution < 1.29 is 19.1 Å². The standard InChI is InChI=1S/C15H19NO4/c1-10-8-9-20-13(10)14(17)16(2)12-7-5-4-6-11(12)15(18)19-3/h4-7,10,13H,8-9H2,1-3H3. The summed E-state index contributed by atoms with van der Waals surface area (Å²) in [5, 5.41) is 0. The molecule has 2 unspecified atom stereocenters. The van der Waals surface area contributed by atoms with Crippen LogP contribution in [-0.2, 0) is 14.3 Å². The topological polar surface area (TPSA) is 55.8 Å². The molecule has 2 atom stereocenters. The van der Waals surface area contributed by atoms with Crippen molar-refractivity contribution in [1.29, 1.82) is 0 Å². The van der Waals surface area contributed by atoms with Crippen LogP contribution in [0.15, 0.2) is 24.3 Å². The lowest BCUT2D eigenvalue weighted by atomic mass is 10.0. The van der Waals surface area contributed by atoms with Crippen LogP contribution >= 0.6 is 0 Å². The average Bonchev–Trinajstić information content (AvgIpc) is 2.91. The molecule has 5 heteroatoms. The van der Waals surface area contributed by atoms with Crippen LogP contribution in [0.5, 0.6) is 0 Å². The van der Waals surface area contributed by atoms with Gasteiger partial charge in [0.25, 0.3) is 5.91 Å². The first-order valence-electron chi connectivity index (χ1n) is 6.62. The van der Waals surface area contributed by atoms with Crippen molar-refractivity contribution >= 4 is 17.6 Å². The molecule has 108 valence electrons. The Hall–Kier alpha value is -1.88. The Labute approximate surface area is 118 Å². The third kappa shape index (κ3) is 2.67. The molecule has 20 heavy (non-hydrogen) atoms. The summed E-state index contributed by atoms with van der Waals surface area (Å²) in [4.78, 5) is 25.7. The smallest absolute Gasteiger partial charge is 0.339 e. The summed E-state index contributed by atoms with van der Waals surface area (Å²) in [6.45, 7) is 2.60. The summed E-state index contributed by atoms with van der Waals surface area (Å²) in [5.41, 5.74) is 0.906. The molecule has 5 nitrogen and oxygen atoms in total. The van der Waals surface area contributed by atoms with E-state index in [1.807, 2.05) is 6.92 Å². The molecule has 0 N–H and O–H groups in total. The molecule has 1 aromatic carbocycles. The van der Waals surface area contributed by atoms with E-state index >= 15 is 0 Å². The lowest BCUT2D eigenvalue weighted by molar-refractivity contribution is -0.128. The average molecular weight is 277 g/mol. The number of hydrogen-bond acceptors (Lipinski definition) is 4. The Morgan fingerprint density at radius 2 is 2.05 bits per heavy atom. The number of nitrogens with zero attached hydrogens (tertiary/aromatic N) is 1. The molecule has 1 fully saturated rings. The summed E-state index contributed by atoms with van der Waals surface area (Å²) >= 11 is 0. The molecule has 0 saturated carbocycles. The quantitative estimate of drug-likeness (QED) is 0.791. The van der Waals surface area contributed by atoms with Gasteiger partial charge in [0.05, 0.1) is 18.4 Å². The van der Waals surface area contributed by atoms with E-state index in [4.69, 9.17) is 9.47 Å². The maximum absolute atomic E-state index is 12.5. The fourth-order valence-corrected chi connectivity index (χ4v) is 2.37. The number of carbonyl (C=O) groups excluding carboxylic acids is 2. The number of likely N-dealkylation sites (N-methyl/N-ethyl adjacent to an activating group) is 1. The lowest BCUT2D eigenvalue weighted by Crippen LogP contribution is -2.39. The minimum Gasteiger partial charge on any atom is -0.465 e. The van der Waals surface area contributed by atoms with Gasteiger partial charge in [-0.3, -0.25) is 4.79 Å². The highest BCUT2D eigenvalue weighted by Gasteiger charge is 2.34. The minimum absolute atomic E-state index is 0.133. The molecule has 0 spiro atoms. The number of hydrogen-bond donors (Lipinski definition) is 0. The fourth-order valence-electron chi connectivity index (χ4n) is 2.37. The van der Waals surface area contributed by atoms with Crippen LogP contribution in [0, 0.1) is 5.92 Å². The predicted octanol–water partition coefficient (Wildman–Crippen LogP) is 1.86. The molecule has 1 amide bonds. The first-order valence-corrected chi connectivity index (χ1v) is 6.62. The summed E-state index contributed by atoms with van der Waals surface area (Å²) in [6.07, 6.45) is 0.439. The van der Waals surface area contributed by atoms with Crippen LogP contribution in [0.1, 0.15) is 23.7 Å². The van der Waals surface area contributed by atoms with Gasteiger partial charge in [-0.05, 0) is 24.5 Å². The van der Waals surface area contributed by atoms with E-state index in [9.17, 15) is 9.59 Å². The number of ether oxygens (including phenoxy) is 2. The zero-order chi connectivity index (χ0) is 14.7.